The van der Waals surface area contributed by atoms with Gasteiger partial charge >= 0.3 is 0 Å². The van der Waals surface area contributed by atoms with Gasteiger partial charge in [-0.1, -0.05) is 19.4 Å². The topological polar surface area (TPSA) is 53.4 Å². The molecule has 1 aliphatic heterocycles. The van der Waals surface area contributed by atoms with Crippen molar-refractivity contribution in [3.63, 3.8) is 0 Å². The molecule has 2 atom stereocenters. The number of carbonyl (C=O) groups excluding carboxylic acids is 1. The van der Waals surface area contributed by atoms with Crippen LogP contribution in [0.4, 0.5) is 0 Å². The molecule has 4 heteroatoms. The molecule has 1 amide bonds. The van der Waals surface area contributed by atoms with Crippen LogP contribution in [0.5, 0.6) is 0 Å². The molecular formula is C16H22N2O2. The smallest absolute Gasteiger partial charge is 0.227 e. The van der Waals surface area contributed by atoms with Gasteiger partial charge in [0.15, 0.2) is 0 Å². The first-order valence-electron chi connectivity index (χ1n) is 7.48. The van der Waals surface area contributed by atoms with Crippen LogP contribution in [0.15, 0.2) is 24.5 Å². The fourth-order valence-electron chi connectivity index (χ4n) is 3.43. The van der Waals surface area contributed by atoms with Gasteiger partial charge in [0.2, 0.25) is 5.91 Å². The van der Waals surface area contributed by atoms with Crippen molar-refractivity contribution in [2.75, 3.05) is 13.1 Å². The summed E-state index contributed by atoms with van der Waals surface area (Å²) >= 11 is 0. The number of amides is 1. The van der Waals surface area contributed by atoms with Crippen molar-refractivity contribution in [1.29, 1.82) is 0 Å². The van der Waals surface area contributed by atoms with E-state index in [9.17, 15) is 9.90 Å². The highest BCUT2D eigenvalue weighted by molar-refractivity contribution is 5.79. The van der Waals surface area contributed by atoms with Crippen LogP contribution in [0.3, 0.4) is 0 Å². The first-order valence-corrected chi connectivity index (χ1v) is 7.48. The van der Waals surface area contributed by atoms with Crippen molar-refractivity contribution < 1.29 is 9.90 Å². The zero-order valence-corrected chi connectivity index (χ0v) is 12.0. The van der Waals surface area contributed by atoms with Gasteiger partial charge in [-0.05, 0) is 30.4 Å². The first kappa shape index (κ1) is 13.6. The third kappa shape index (κ3) is 2.33. The summed E-state index contributed by atoms with van der Waals surface area (Å²) in [6.45, 7) is 3.24. The van der Waals surface area contributed by atoms with E-state index in [1.54, 1.807) is 12.4 Å². The summed E-state index contributed by atoms with van der Waals surface area (Å²) in [5.41, 5.74) is 0.271. The lowest BCUT2D eigenvalue weighted by Gasteiger charge is -2.41. The monoisotopic (exact) mass is 274 g/mol. The number of likely N-dealkylation sites (tertiary alicyclic amines) is 1. The van der Waals surface area contributed by atoms with E-state index in [-0.39, 0.29) is 11.8 Å². The Morgan fingerprint density at radius 2 is 2.35 bits per heavy atom. The Morgan fingerprint density at radius 3 is 2.95 bits per heavy atom. The van der Waals surface area contributed by atoms with Gasteiger partial charge in [-0.15, -0.1) is 0 Å². The molecule has 20 heavy (non-hydrogen) atoms. The average Bonchev–Trinajstić information content (AvgIpc) is 2.65. The molecule has 1 saturated carbocycles. The summed E-state index contributed by atoms with van der Waals surface area (Å²) < 4.78 is 0. The van der Waals surface area contributed by atoms with Crippen molar-refractivity contribution in [3.8, 4) is 0 Å². The van der Waals surface area contributed by atoms with Gasteiger partial charge in [-0.3, -0.25) is 9.78 Å². The third-order valence-electron chi connectivity index (χ3n) is 5.03. The summed E-state index contributed by atoms with van der Waals surface area (Å²) in [5.74, 6) is 0.652. The van der Waals surface area contributed by atoms with Gasteiger partial charge < -0.3 is 10.0 Å². The molecule has 0 bridgehead atoms. The van der Waals surface area contributed by atoms with E-state index in [0.717, 1.165) is 18.4 Å². The van der Waals surface area contributed by atoms with Crippen molar-refractivity contribution in [2.24, 2.45) is 11.8 Å². The predicted octanol–water partition coefficient (Wildman–Crippen LogP) is 1.63. The van der Waals surface area contributed by atoms with Crippen LogP contribution < -0.4 is 0 Å². The normalized spacial score (nSPS) is 30.3. The molecular weight excluding hydrogens is 252 g/mol. The summed E-state index contributed by atoms with van der Waals surface area (Å²) in [6, 6.07) is 3.77. The third-order valence-corrected chi connectivity index (χ3v) is 5.03. The number of hydrogen-bond donors (Lipinski definition) is 1. The lowest BCUT2D eigenvalue weighted by atomic mass is 9.69. The molecule has 1 aromatic rings. The molecule has 1 N–H and O–H groups in total. The van der Waals surface area contributed by atoms with Gasteiger partial charge in [0.25, 0.3) is 0 Å². The maximum Gasteiger partial charge on any atom is 0.227 e. The number of hydrogen-bond acceptors (Lipinski definition) is 3. The number of β-amino-alcohol motifs (C(OH)–C–C–N with tert-alkyl or cyclic N) is 1. The first-order chi connectivity index (χ1) is 9.59. The highest BCUT2D eigenvalue weighted by Crippen LogP contribution is 2.44. The fraction of sp³-hybridized carbons (Fsp3) is 0.625. The van der Waals surface area contributed by atoms with Gasteiger partial charge in [-0.25, -0.2) is 0 Å². The van der Waals surface area contributed by atoms with Gasteiger partial charge in [0, 0.05) is 31.4 Å². The molecule has 1 saturated heterocycles. The Bertz CT molecular complexity index is 487. The minimum Gasteiger partial charge on any atom is -0.387 e. The average molecular weight is 274 g/mol. The molecule has 1 aliphatic carbocycles. The highest BCUT2D eigenvalue weighted by Gasteiger charge is 2.50. The molecule has 2 unspecified atom stereocenters. The van der Waals surface area contributed by atoms with E-state index >= 15 is 0 Å². The maximum atomic E-state index is 12.4. The second-order valence-electron chi connectivity index (χ2n) is 6.33. The van der Waals surface area contributed by atoms with E-state index in [4.69, 9.17) is 0 Å². The molecule has 0 aromatic carbocycles. The van der Waals surface area contributed by atoms with Crippen molar-refractivity contribution in [2.45, 2.75) is 38.2 Å². The van der Waals surface area contributed by atoms with E-state index in [1.165, 1.54) is 6.42 Å². The van der Waals surface area contributed by atoms with Crippen molar-refractivity contribution >= 4 is 5.91 Å². The van der Waals surface area contributed by atoms with Gasteiger partial charge in [0.05, 0.1) is 12.0 Å². The van der Waals surface area contributed by atoms with Crippen LogP contribution in [0, 0.1) is 11.8 Å². The SMILES string of the molecule is CC1CN(C(=O)Cc2cccnc2)CC1(O)C1CCC1. The Balaban J connectivity index is 1.65. The van der Waals surface area contributed by atoms with Gasteiger partial charge in [-0.2, -0.15) is 0 Å². The van der Waals surface area contributed by atoms with Crippen molar-refractivity contribution in [1.82, 2.24) is 9.88 Å². The fourth-order valence-corrected chi connectivity index (χ4v) is 3.43. The molecule has 108 valence electrons. The molecule has 1 aromatic heterocycles. The zero-order chi connectivity index (χ0) is 14.2. The van der Waals surface area contributed by atoms with E-state index in [0.29, 0.717) is 25.4 Å². The van der Waals surface area contributed by atoms with E-state index < -0.39 is 5.60 Å². The maximum absolute atomic E-state index is 12.4. The highest BCUT2D eigenvalue weighted by atomic mass is 16.3. The van der Waals surface area contributed by atoms with Crippen LogP contribution >= 0.6 is 0 Å². The van der Waals surface area contributed by atoms with Crippen LogP contribution in [-0.4, -0.2) is 39.6 Å². The minimum atomic E-state index is -0.664. The summed E-state index contributed by atoms with van der Waals surface area (Å²) in [4.78, 5) is 18.2. The second kappa shape index (κ2) is 5.17. The Hall–Kier alpha value is -1.42. The predicted molar refractivity (Wildman–Crippen MR) is 76.0 cm³/mol. The van der Waals surface area contributed by atoms with E-state index in [1.807, 2.05) is 17.0 Å². The quantitative estimate of drug-likeness (QED) is 0.911. The van der Waals surface area contributed by atoms with Gasteiger partial charge in [0.1, 0.15) is 0 Å². The van der Waals surface area contributed by atoms with Crippen LogP contribution in [0.2, 0.25) is 0 Å². The number of rotatable bonds is 3. The Kier molecular flexibility index (Phi) is 3.50. The standard InChI is InChI=1S/C16H22N2O2/c1-12-10-18(11-16(12,20)14-5-2-6-14)15(19)8-13-4-3-7-17-9-13/h3-4,7,9,12,14,20H,2,5-6,8,10-11H2,1H3. The Labute approximate surface area is 119 Å². The van der Waals surface area contributed by atoms with Crippen LogP contribution in [0.1, 0.15) is 31.7 Å². The Morgan fingerprint density at radius 1 is 1.55 bits per heavy atom. The lowest BCUT2D eigenvalue weighted by Crippen LogP contribution is -2.48. The molecule has 3 rings (SSSR count). The summed E-state index contributed by atoms with van der Waals surface area (Å²) in [7, 11) is 0. The molecule has 2 heterocycles. The molecule has 4 nitrogen and oxygen atoms in total. The second-order valence-corrected chi connectivity index (χ2v) is 6.33. The number of nitrogens with zero attached hydrogens (tertiary/aromatic N) is 2. The number of carbonyl (C=O) groups is 1. The molecule has 0 radical (unpaired) electrons. The summed E-state index contributed by atoms with van der Waals surface area (Å²) in [6.07, 6.45) is 7.23. The minimum absolute atomic E-state index is 0.0973. The largest absolute Gasteiger partial charge is 0.387 e. The molecule has 2 aliphatic rings. The van der Waals surface area contributed by atoms with E-state index in [2.05, 4.69) is 11.9 Å². The molecule has 0 spiro atoms. The van der Waals surface area contributed by atoms with Crippen LogP contribution in [0.25, 0.3) is 0 Å². The number of aromatic nitrogens is 1. The number of pyridine rings is 1. The number of aliphatic hydroxyl groups is 1. The zero-order valence-electron chi connectivity index (χ0n) is 12.0. The van der Waals surface area contributed by atoms with Crippen LogP contribution in [-0.2, 0) is 11.2 Å². The lowest BCUT2D eigenvalue weighted by molar-refractivity contribution is -0.131. The van der Waals surface area contributed by atoms with Crippen molar-refractivity contribution in [3.05, 3.63) is 30.1 Å². The molecule has 2 fully saturated rings. The summed E-state index contributed by atoms with van der Waals surface area (Å²) in [5, 5.41) is 10.9.